The van der Waals surface area contributed by atoms with E-state index in [4.69, 9.17) is 4.74 Å². The maximum absolute atomic E-state index is 12.8. The molecule has 3 atom stereocenters. The third-order valence-corrected chi connectivity index (χ3v) is 5.09. The highest BCUT2D eigenvalue weighted by Gasteiger charge is 2.43. The number of ether oxygens (including phenoxy) is 1. The molecule has 2 fully saturated rings. The molecule has 1 N–H and O–H groups in total. The fourth-order valence-electron chi connectivity index (χ4n) is 3.69. The van der Waals surface area contributed by atoms with Gasteiger partial charge in [-0.05, 0) is 18.1 Å². The van der Waals surface area contributed by atoms with E-state index in [1.807, 2.05) is 19.1 Å². The average molecular weight is 346 g/mol. The highest BCUT2D eigenvalue weighted by atomic mass is 16.5. The molecule has 7 nitrogen and oxygen atoms in total. The number of carboxylic acid groups (broad SMARTS) is 1. The largest absolute Gasteiger partial charge is 0.495 e. The molecule has 1 aromatic rings. The van der Waals surface area contributed by atoms with Crippen LogP contribution >= 0.6 is 0 Å². The summed E-state index contributed by atoms with van der Waals surface area (Å²) in [6, 6.07) is 7.21. The minimum Gasteiger partial charge on any atom is -0.495 e. The lowest BCUT2D eigenvalue weighted by molar-refractivity contribution is -0.142. The van der Waals surface area contributed by atoms with Crippen molar-refractivity contribution in [1.82, 2.24) is 4.90 Å². The van der Waals surface area contributed by atoms with E-state index in [0.717, 1.165) is 0 Å². The third kappa shape index (κ3) is 3.18. The number of carboxylic acids is 1. The van der Waals surface area contributed by atoms with E-state index in [1.54, 1.807) is 29.0 Å². The van der Waals surface area contributed by atoms with Crippen LogP contribution in [0.3, 0.4) is 0 Å². The van der Waals surface area contributed by atoms with Gasteiger partial charge in [0.2, 0.25) is 11.8 Å². The number of hydrogen-bond donors (Lipinski definition) is 1. The molecule has 0 bridgehead atoms. The molecule has 2 aliphatic rings. The van der Waals surface area contributed by atoms with Gasteiger partial charge in [0.1, 0.15) is 5.75 Å². The summed E-state index contributed by atoms with van der Waals surface area (Å²) in [5.41, 5.74) is 0.656. The number of carbonyl (C=O) groups excluding carboxylic acids is 2. The van der Waals surface area contributed by atoms with E-state index in [9.17, 15) is 19.5 Å². The number of amides is 2. The Morgan fingerprint density at radius 1 is 1.20 bits per heavy atom. The molecule has 25 heavy (non-hydrogen) atoms. The molecule has 1 aromatic carbocycles. The van der Waals surface area contributed by atoms with E-state index in [2.05, 4.69) is 0 Å². The first-order valence-corrected chi connectivity index (χ1v) is 8.37. The van der Waals surface area contributed by atoms with Crippen molar-refractivity contribution in [2.24, 2.45) is 17.8 Å². The molecule has 0 aromatic heterocycles. The van der Waals surface area contributed by atoms with Gasteiger partial charge in [0, 0.05) is 26.1 Å². The lowest BCUT2D eigenvalue weighted by Crippen LogP contribution is -2.36. The smallest absolute Gasteiger partial charge is 0.308 e. The van der Waals surface area contributed by atoms with Crippen LogP contribution < -0.4 is 9.64 Å². The van der Waals surface area contributed by atoms with Crippen molar-refractivity contribution >= 4 is 23.5 Å². The zero-order chi connectivity index (χ0) is 18.1. The first-order chi connectivity index (χ1) is 11.9. The monoisotopic (exact) mass is 346 g/mol. The predicted octanol–water partition coefficient (Wildman–Crippen LogP) is 1.23. The van der Waals surface area contributed by atoms with Crippen molar-refractivity contribution in [3.8, 4) is 5.75 Å². The summed E-state index contributed by atoms with van der Waals surface area (Å²) in [5.74, 6) is -1.61. The van der Waals surface area contributed by atoms with Gasteiger partial charge in [0.15, 0.2) is 0 Å². The maximum atomic E-state index is 12.8. The van der Waals surface area contributed by atoms with E-state index in [1.165, 1.54) is 0 Å². The fourth-order valence-corrected chi connectivity index (χ4v) is 3.69. The minimum absolute atomic E-state index is 0.0797. The van der Waals surface area contributed by atoms with Crippen molar-refractivity contribution in [3.63, 3.8) is 0 Å². The van der Waals surface area contributed by atoms with Gasteiger partial charge >= 0.3 is 5.97 Å². The first kappa shape index (κ1) is 17.3. The Balaban J connectivity index is 1.72. The number of hydrogen-bond acceptors (Lipinski definition) is 4. The number of benzene rings is 1. The zero-order valence-electron chi connectivity index (χ0n) is 14.3. The molecule has 3 rings (SSSR count). The van der Waals surface area contributed by atoms with Gasteiger partial charge in [0.25, 0.3) is 0 Å². The summed E-state index contributed by atoms with van der Waals surface area (Å²) in [6.07, 6.45) is 0.138. The standard InChI is InChI=1S/C18H22N2O5/c1-11-8-19(10-13(11)18(23)24)17(22)12-7-16(21)20(9-12)14-5-3-4-6-15(14)25-2/h3-6,11-13H,7-10H2,1-2H3,(H,23,24)/t11-,12?,13-/m1/s1. The Kier molecular flexibility index (Phi) is 4.65. The van der Waals surface area contributed by atoms with Gasteiger partial charge in [-0.1, -0.05) is 19.1 Å². The molecule has 0 saturated carbocycles. The molecule has 134 valence electrons. The second kappa shape index (κ2) is 6.74. The van der Waals surface area contributed by atoms with Gasteiger partial charge in [-0.15, -0.1) is 0 Å². The predicted molar refractivity (Wildman–Crippen MR) is 90.3 cm³/mol. The van der Waals surface area contributed by atoms with Crippen molar-refractivity contribution in [2.45, 2.75) is 13.3 Å². The van der Waals surface area contributed by atoms with Gasteiger partial charge in [-0.25, -0.2) is 0 Å². The molecule has 0 spiro atoms. The zero-order valence-corrected chi connectivity index (χ0v) is 14.3. The summed E-state index contributed by atoms with van der Waals surface area (Å²) in [4.78, 5) is 39.6. The van der Waals surface area contributed by atoms with Gasteiger partial charge in [-0.3, -0.25) is 14.4 Å². The Hall–Kier alpha value is -2.57. The van der Waals surface area contributed by atoms with E-state index >= 15 is 0 Å². The van der Waals surface area contributed by atoms with Gasteiger partial charge in [0.05, 0.1) is 24.6 Å². The van der Waals surface area contributed by atoms with Crippen LogP contribution in [0.25, 0.3) is 0 Å². The summed E-state index contributed by atoms with van der Waals surface area (Å²) in [7, 11) is 1.54. The summed E-state index contributed by atoms with van der Waals surface area (Å²) in [6.45, 7) is 2.78. The molecule has 1 unspecified atom stereocenters. The quantitative estimate of drug-likeness (QED) is 0.886. The Labute approximate surface area is 146 Å². The fraction of sp³-hybridized carbons (Fsp3) is 0.500. The van der Waals surface area contributed by atoms with Gasteiger partial charge in [-0.2, -0.15) is 0 Å². The van der Waals surface area contributed by atoms with E-state index < -0.39 is 17.8 Å². The van der Waals surface area contributed by atoms with Crippen LogP contribution in [0.5, 0.6) is 5.75 Å². The molecule has 2 aliphatic heterocycles. The molecular weight excluding hydrogens is 324 g/mol. The van der Waals surface area contributed by atoms with Crippen molar-refractivity contribution < 1.29 is 24.2 Å². The van der Waals surface area contributed by atoms with Crippen LogP contribution in [-0.2, 0) is 14.4 Å². The number of likely N-dealkylation sites (tertiary alicyclic amines) is 1. The number of carbonyl (C=O) groups is 3. The van der Waals surface area contributed by atoms with E-state index in [-0.39, 0.29) is 30.7 Å². The van der Waals surface area contributed by atoms with Crippen molar-refractivity contribution in [3.05, 3.63) is 24.3 Å². The molecule has 0 aliphatic carbocycles. The van der Waals surface area contributed by atoms with Crippen LogP contribution in [0, 0.1) is 17.8 Å². The second-order valence-electron chi connectivity index (χ2n) is 6.74. The molecule has 7 heteroatoms. The summed E-state index contributed by atoms with van der Waals surface area (Å²) < 4.78 is 5.30. The topological polar surface area (TPSA) is 87.2 Å². The normalized spacial score (nSPS) is 26.2. The number of anilines is 1. The third-order valence-electron chi connectivity index (χ3n) is 5.09. The van der Waals surface area contributed by atoms with Crippen LogP contribution in [0.2, 0.25) is 0 Å². The molecule has 2 heterocycles. The lowest BCUT2D eigenvalue weighted by atomic mass is 9.99. The minimum atomic E-state index is -0.874. The number of methoxy groups -OCH3 is 1. The second-order valence-corrected chi connectivity index (χ2v) is 6.74. The Morgan fingerprint density at radius 3 is 2.56 bits per heavy atom. The molecular formula is C18H22N2O5. The number of aliphatic carboxylic acids is 1. The Bertz CT molecular complexity index is 704. The SMILES string of the molecule is COc1ccccc1N1CC(C(=O)N2C[C@@H](C)[C@H](C(=O)O)C2)CC1=O. The summed E-state index contributed by atoms with van der Waals surface area (Å²) in [5, 5.41) is 9.22. The molecule has 0 radical (unpaired) electrons. The van der Waals surface area contributed by atoms with Crippen LogP contribution in [-0.4, -0.2) is 54.5 Å². The Morgan fingerprint density at radius 2 is 1.92 bits per heavy atom. The first-order valence-electron chi connectivity index (χ1n) is 8.37. The van der Waals surface area contributed by atoms with Gasteiger partial charge < -0.3 is 19.6 Å². The highest BCUT2D eigenvalue weighted by molar-refractivity contribution is 6.01. The molecule has 2 amide bonds. The van der Waals surface area contributed by atoms with Crippen LogP contribution in [0.15, 0.2) is 24.3 Å². The van der Waals surface area contributed by atoms with Crippen LogP contribution in [0.1, 0.15) is 13.3 Å². The number of nitrogens with zero attached hydrogens (tertiary/aromatic N) is 2. The van der Waals surface area contributed by atoms with Crippen LogP contribution in [0.4, 0.5) is 5.69 Å². The molecule has 2 saturated heterocycles. The number of rotatable bonds is 4. The summed E-state index contributed by atoms with van der Waals surface area (Å²) >= 11 is 0. The number of para-hydroxylation sites is 2. The average Bonchev–Trinajstić information content (AvgIpc) is 3.17. The lowest BCUT2D eigenvalue weighted by Gasteiger charge is -2.22. The van der Waals surface area contributed by atoms with Crippen molar-refractivity contribution in [1.29, 1.82) is 0 Å². The van der Waals surface area contributed by atoms with Crippen molar-refractivity contribution in [2.75, 3.05) is 31.6 Å². The highest BCUT2D eigenvalue weighted by Crippen LogP contribution is 2.34. The maximum Gasteiger partial charge on any atom is 0.308 e. The van der Waals surface area contributed by atoms with E-state index in [0.29, 0.717) is 24.5 Å².